The van der Waals surface area contributed by atoms with Gasteiger partial charge in [0.2, 0.25) is 0 Å². The Morgan fingerprint density at radius 1 is 1.40 bits per heavy atom. The number of nitrogens with zero attached hydrogens (tertiary/aromatic N) is 4. The highest BCUT2D eigenvalue weighted by molar-refractivity contribution is 9.10. The molecule has 1 saturated heterocycles. The van der Waals surface area contributed by atoms with Gasteiger partial charge in [-0.1, -0.05) is 13.8 Å². The van der Waals surface area contributed by atoms with Crippen LogP contribution in [0.5, 0.6) is 0 Å². The third-order valence-electron chi connectivity index (χ3n) is 5.53. The van der Waals surface area contributed by atoms with Crippen LogP contribution in [0.3, 0.4) is 0 Å². The first kappa shape index (κ1) is 25.1. The highest BCUT2D eigenvalue weighted by Gasteiger charge is 2.29. The molecule has 3 N–H and O–H groups in total. The number of carbonyl (C=O) groups excluding carboxylic acids is 1. The SMILES string of the molecule is CN.CSc1c(CCC(C)(C)C=O)c(N2CCCCC2CCO)nc2c(Br)cnn12. The van der Waals surface area contributed by atoms with Crippen LogP contribution >= 0.6 is 27.7 Å². The van der Waals surface area contributed by atoms with E-state index in [-0.39, 0.29) is 12.0 Å². The fraction of sp³-hybridized carbons (Fsp3) is 0.667. The van der Waals surface area contributed by atoms with E-state index in [1.165, 1.54) is 13.5 Å². The van der Waals surface area contributed by atoms with Gasteiger partial charge >= 0.3 is 0 Å². The lowest BCUT2D eigenvalue weighted by molar-refractivity contribution is -0.114. The Morgan fingerprint density at radius 3 is 2.77 bits per heavy atom. The van der Waals surface area contributed by atoms with Gasteiger partial charge in [0.25, 0.3) is 0 Å². The molecule has 1 unspecified atom stereocenters. The van der Waals surface area contributed by atoms with Gasteiger partial charge < -0.3 is 20.5 Å². The fourth-order valence-electron chi connectivity index (χ4n) is 3.86. The molecule has 168 valence electrons. The summed E-state index contributed by atoms with van der Waals surface area (Å²) >= 11 is 5.25. The first-order chi connectivity index (χ1) is 14.4. The molecule has 2 aromatic heterocycles. The van der Waals surface area contributed by atoms with E-state index in [9.17, 15) is 9.90 Å². The van der Waals surface area contributed by atoms with Crippen molar-refractivity contribution in [3.63, 3.8) is 0 Å². The zero-order valence-electron chi connectivity index (χ0n) is 18.4. The van der Waals surface area contributed by atoms with Crippen molar-refractivity contribution in [2.45, 2.75) is 63.4 Å². The minimum atomic E-state index is -0.376. The van der Waals surface area contributed by atoms with Crippen LogP contribution in [0, 0.1) is 5.41 Å². The summed E-state index contributed by atoms with van der Waals surface area (Å²) in [4.78, 5) is 18.9. The summed E-state index contributed by atoms with van der Waals surface area (Å²) in [6, 6.07) is 0.294. The van der Waals surface area contributed by atoms with Gasteiger partial charge in [0.15, 0.2) is 5.65 Å². The second-order valence-electron chi connectivity index (χ2n) is 8.11. The number of rotatable bonds is 8. The number of piperidine rings is 1. The molecular weight excluding hydrogens is 466 g/mol. The van der Waals surface area contributed by atoms with Crippen LogP contribution in [0.25, 0.3) is 5.65 Å². The predicted octanol–water partition coefficient (Wildman–Crippen LogP) is 3.69. The monoisotopic (exact) mass is 499 g/mol. The number of thioether (sulfide) groups is 1. The molecule has 0 bridgehead atoms. The zero-order valence-corrected chi connectivity index (χ0v) is 20.8. The summed E-state index contributed by atoms with van der Waals surface area (Å²) < 4.78 is 2.77. The Labute approximate surface area is 191 Å². The Balaban J connectivity index is 0.00000155. The topological polar surface area (TPSA) is 96.8 Å². The molecule has 0 amide bonds. The van der Waals surface area contributed by atoms with E-state index in [1.54, 1.807) is 18.0 Å². The molecule has 0 saturated carbocycles. The van der Waals surface area contributed by atoms with Crippen molar-refractivity contribution in [2.75, 3.05) is 31.4 Å². The summed E-state index contributed by atoms with van der Waals surface area (Å²) in [5.74, 6) is 0.984. The molecule has 0 spiro atoms. The maximum atomic E-state index is 11.5. The van der Waals surface area contributed by atoms with Crippen LogP contribution in [0.1, 0.15) is 51.5 Å². The minimum absolute atomic E-state index is 0.183. The van der Waals surface area contributed by atoms with Crippen molar-refractivity contribution < 1.29 is 9.90 Å². The molecular formula is C21H34BrN5O2S. The minimum Gasteiger partial charge on any atom is -0.396 e. The van der Waals surface area contributed by atoms with Crippen molar-refractivity contribution in [1.29, 1.82) is 0 Å². The van der Waals surface area contributed by atoms with E-state index in [0.29, 0.717) is 6.04 Å². The second-order valence-corrected chi connectivity index (χ2v) is 9.76. The van der Waals surface area contributed by atoms with Crippen LogP contribution < -0.4 is 10.6 Å². The van der Waals surface area contributed by atoms with E-state index in [1.807, 2.05) is 18.4 Å². The number of hydrogen-bond donors (Lipinski definition) is 2. The van der Waals surface area contributed by atoms with E-state index in [2.05, 4.69) is 37.9 Å². The number of aromatic nitrogens is 3. The average molecular weight is 501 g/mol. The second kappa shape index (κ2) is 11.5. The highest BCUT2D eigenvalue weighted by Crippen LogP contribution is 2.37. The smallest absolute Gasteiger partial charge is 0.172 e. The molecule has 3 heterocycles. The van der Waals surface area contributed by atoms with Gasteiger partial charge in [-0.3, -0.25) is 0 Å². The third kappa shape index (κ3) is 5.55. The zero-order chi connectivity index (χ0) is 22.3. The molecule has 0 aliphatic carbocycles. The fourth-order valence-corrected chi connectivity index (χ4v) is 4.96. The lowest BCUT2D eigenvalue weighted by atomic mass is 9.88. The molecule has 0 radical (unpaired) electrons. The number of hydrogen-bond acceptors (Lipinski definition) is 7. The van der Waals surface area contributed by atoms with Crippen molar-refractivity contribution in [3.8, 4) is 0 Å². The number of carbonyl (C=O) groups is 1. The largest absolute Gasteiger partial charge is 0.396 e. The Hall–Kier alpha value is -1.16. The van der Waals surface area contributed by atoms with E-state index in [4.69, 9.17) is 4.98 Å². The van der Waals surface area contributed by atoms with Crippen LogP contribution in [-0.4, -0.2) is 58.5 Å². The number of aldehydes is 1. The van der Waals surface area contributed by atoms with Gasteiger partial charge in [0.1, 0.15) is 17.1 Å². The van der Waals surface area contributed by atoms with Crippen LogP contribution in [-0.2, 0) is 11.2 Å². The molecule has 0 aromatic carbocycles. The maximum absolute atomic E-state index is 11.5. The summed E-state index contributed by atoms with van der Waals surface area (Å²) in [6.45, 7) is 5.08. The molecule has 1 atom stereocenters. The standard InChI is InChI=1S/C20H29BrN4O2S.CH5N/c1-20(2,13-27)9-7-15-17(24-10-5-4-6-14(24)8-11-26)23-18-16(21)12-22-25(18)19(15)28-3;1-2/h12-14,26H,4-11H2,1-3H3;2H2,1H3. The number of anilines is 1. The first-order valence-corrected chi connectivity index (χ1v) is 12.4. The van der Waals surface area contributed by atoms with Crippen LogP contribution in [0.15, 0.2) is 15.7 Å². The summed E-state index contributed by atoms with van der Waals surface area (Å²) in [5.41, 5.74) is 6.08. The molecule has 3 rings (SSSR count). The van der Waals surface area contributed by atoms with Crippen molar-refractivity contribution >= 4 is 45.4 Å². The summed E-state index contributed by atoms with van der Waals surface area (Å²) in [7, 11) is 1.50. The number of nitrogens with two attached hydrogens (primary N) is 1. The van der Waals surface area contributed by atoms with Crippen LogP contribution in [0.2, 0.25) is 0 Å². The van der Waals surface area contributed by atoms with Crippen molar-refractivity contribution in [1.82, 2.24) is 14.6 Å². The van der Waals surface area contributed by atoms with Gasteiger partial charge in [-0.25, -0.2) is 9.50 Å². The molecule has 1 aliphatic heterocycles. The van der Waals surface area contributed by atoms with Crippen molar-refractivity contribution in [2.24, 2.45) is 11.1 Å². The highest BCUT2D eigenvalue weighted by atomic mass is 79.9. The molecule has 2 aromatic rings. The number of halogens is 1. The summed E-state index contributed by atoms with van der Waals surface area (Å²) in [5, 5.41) is 15.2. The molecule has 30 heavy (non-hydrogen) atoms. The number of aliphatic hydroxyl groups excluding tert-OH is 1. The van der Waals surface area contributed by atoms with Gasteiger partial charge in [0, 0.05) is 30.2 Å². The van der Waals surface area contributed by atoms with Crippen molar-refractivity contribution in [3.05, 3.63) is 16.2 Å². The maximum Gasteiger partial charge on any atom is 0.172 e. The van der Waals surface area contributed by atoms with E-state index < -0.39 is 0 Å². The molecule has 1 fully saturated rings. The average Bonchev–Trinajstić information content (AvgIpc) is 3.14. The van der Waals surface area contributed by atoms with E-state index >= 15 is 0 Å². The predicted molar refractivity (Wildman–Crippen MR) is 127 cm³/mol. The quantitative estimate of drug-likeness (QED) is 0.324. The molecule has 9 heteroatoms. The summed E-state index contributed by atoms with van der Waals surface area (Å²) in [6.07, 6.45) is 10.5. The van der Waals surface area contributed by atoms with Gasteiger partial charge in [-0.15, -0.1) is 11.8 Å². The molecule has 1 aliphatic rings. The third-order valence-corrected chi connectivity index (χ3v) is 6.89. The van der Waals surface area contributed by atoms with Gasteiger partial charge in [0.05, 0.1) is 10.7 Å². The first-order valence-electron chi connectivity index (χ1n) is 10.4. The lowest BCUT2D eigenvalue weighted by Crippen LogP contribution is -2.41. The van der Waals surface area contributed by atoms with Gasteiger partial charge in [-0.05, 0) is 67.8 Å². The number of fused-ring (bicyclic) bond motifs is 1. The normalized spacial score (nSPS) is 17.0. The van der Waals surface area contributed by atoms with Crippen LogP contribution in [0.4, 0.5) is 5.82 Å². The van der Waals surface area contributed by atoms with E-state index in [0.717, 1.165) is 71.5 Å². The Kier molecular flexibility index (Phi) is 9.59. The lowest BCUT2D eigenvalue weighted by Gasteiger charge is -2.38. The van der Waals surface area contributed by atoms with Gasteiger partial charge in [-0.2, -0.15) is 5.10 Å². The molecule has 7 nitrogen and oxygen atoms in total. The Bertz CT molecular complexity index is 840. The number of aliphatic hydroxyl groups is 1. The Morgan fingerprint density at radius 2 is 2.13 bits per heavy atom.